The van der Waals surface area contributed by atoms with Gasteiger partial charge in [0.05, 0.1) is 5.54 Å². The molecule has 0 heterocycles. The van der Waals surface area contributed by atoms with E-state index in [-0.39, 0.29) is 17.7 Å². The summed E-state index contributed by atoms with van der Waals surface area (Å²) >= 11 is 0. The molecule has 0 aliphatic carbocycles. The number of nitrogens with zero attached hydrogens (tertiary/aromatic N) is 1. The highest BCUT2D eigenvalue weighted by Crippen LogP contribution is 2.14. The number of rotatable bonds is 4. The Hall–Kier alpha value is -1.10. The van der Waals surface area contributed by atoms with Crippen molar-refractivity contribution in [1.29, 1.82) is 0 Å². The molecule has 0 aromatic heterocycles. The molecule has 76 valence electrons. The molecule has 2 unspecified atom stereocenters. The number of Topliss-reactive ketones (excluding diaryl/α,β-unsaturated/α-hetero) is 1. The van der Waals surface area contributed by atoms with E-state index in [4.69, 9.17) is 17.2 Å². The second kappa shape index (κ2) is 4.23. The topological polar surface area (TPSA) is 107 Å². The van der Waals surface area contributed by atoms with E-state index in [1.54, 1.807) is 6.92 Å². The van der Waals surface area contributed by atoms with Crippen molar-refractivity contribution in [3.63, 3.8) is 0 Å². The van der Waals surface area contributed by atoms with Gasteiger partial charge in [0.25, 0.3) is 0 Å². The number of hydrogen-bond donors (Lipinski definition) is 3. The lowest BCUT2D eigenvalue weighted by molar-refractivity contribution is -0.122. The summed E-state index contributed by atoms with van der Waals surface area (Å²) in [6, 6.07) is 0. The second-order valence-corrected chi connectivity index (χ2v) is 3.51. The molecule has 0 rings (SSSR count). The van der Waals surface area contributed by atoms with Crippen molar-refractivity contribution >= 4 is 11.7 Å². The van der Waals surface area contributed by atoms with Crippen molar-refractivity contribution in [2.75, 3.05) is 6.54 Å². The van der Waals surface area contributed by atoms with E-state index < -0.39 is 5.54 Å². The number of guanidine groups is 1. The molecule has 0 fully saturated rings. The first-order chi connectivity index (χ1) is 5.78. The Balaban J connectivity index is 4.34. The smallest absolute Gasteiger partial charge is 0.185 e. The Labute approximate surface area is 78.4 Å². The highest BCUT2D eigenvalue weighted by molar-refractivity contribution is 5.85. The zero-order valence-corrected chi connectivity index (χ0v) is 8.37. The predicted molar refractivity (Wildman–Crippen MR) is 53.1 cm³/mol. The number of ketones is 1. The van der Waals surface area contributed by atoms with E-state index in [1.165, 1.54) is 6.92 Å². The minimum absolute atomic E-state index is 0.0196. The van der Waals surface area contributed by atoms with Crippen LogP contribution in [0.25, 0.3) is 0 Å². The zero-order chi connectivity index (χ0) is 10.6. The summed E-state index contributed by atoms with van der Waals surface area (Å²) in [5, 5.41) is 0. The number of carbonyl (C=O) groups excluding carboxylic acids is 1. The number of hydrogen-bond acceptors (Lipinski definition) is 3. The summed E-state index contributed by atoms with van der Waals surface area (Å²) in [5.41, 5.74) is 15.3. The molecule has 5 heteroatoms. The highest BCUT2D eigenvalue weighted by Gasteiger charge is 2.30. The maximum absolute atomic E-state index is 11.1. The van der Waals surface area contributed by atoms with Crippen LogP contribution in [0.3, 0.4) is 0 Å². The molecule has 0 aromatic rings. The van der Waals surface area contributed by atoms with Crippen LogP contribution < -0.4 is 17.2 Å². The standard InChI is InChI=1S/C8H18N4O/c1-5(4-12-7(9)10)8(3,11)6(2)13/h5H,4,11H2,1-3H3,(H4,9,10,12). The Morgan fingerprint density at radius 1 is 1.54 bits per heavy atom. The third kappa shape index (κ3) is 3.42. The molecule has 0 aliphatic heterocycles. The summed E-state index contributed by atoms with van der Waals surface area (Å²) in [5.74, 6) is -0.121. The van der Waals surface area contributed by atoms with Gasteiger partial charge in [0, 0.05) is 12.5 Å². The van der Waals surface area contributed by atoms with E-state index in [1.807, 2.05) is 6.92 Å². The van der Waals surface area contributed by atoms with Crippen LogP contribution in [0.4, 0.5) is 0 Å². The lowest BCUT2D eigenvalue weighted by Gasteiger charge is -2.27. The molecule has 0 amide bonds. The van der Waals surface area contributed by atoms with Crippen LogP contribution in [0.15, 0.2) is 4.99 Å². The van der Waals surface area contributed by atoms with Crippen LogP contribution in [0, 0.1) is 5.92 Å². The molecule has 6 N–H and O–H groups in total. The fourth-order valence-corrected chi connectivity index (χ4v) is 0.779. The van der Waals surface area contributed by atoms with Crippen molar-refractivity contribution in [2.24, 2.45) is 28.1 Å². The van der Waals surface area contributed by atoms with Crippen molar-refractivity contribution in [3.8, 4) is 0 Å². The van der Waals surface area contributed by atoms with Crippen LogP contribution in [0.5, 0.6) is 0 Å². The van der Waals surface area contributed by atoms with Gasteiger partial charge in [-0.05, 0) is 13.8 Å². The molecule has 0 aromatic carbocycles. The van der Waals surface area contributed by atoms with Crippen LogP contribution in [0.1, 0.15) is 20.8 Å². The van der Waals surface area contributed by atoms with Gasteiger partial charge >= 0.3 is 0 Å². The zero-order valence-electron chi connectivity index (χ0n) is 8.37. The largest absolute Gasteiger partial charge is 0.370 e. The number of nitrogens with two attached hydrogens (primary N) is 3. The van der Waals surface area contributed by atoms with Gasteiger partial charge in [-0.1, -0.05) is 6.92 Å². The SMILES string of the molecule is CC(=O)C(C)(N)C(C)CN=C(N)N. The average Bonchev–Trinajstić information content (AvgIpc) is 1.99. The third-order valence-corrected chi connectivity index (χ3v) is 2.33. The fourth-order valence-electron chi connectivity index (χ4n) is 0.779. The van der Waals surface area contributed by atoms with Crippen molar-refractivity contribution < 1.29 is 4.79 Å². The molecule has 0 spiro atoms. The quantitative estimate of drug-likeness (QED) is 0.394. The summed E-state index contributed by atoms with van der Waals surface area (Å²) in [4.78, 5) is 14.9. The molecule has 0 radical (unpaired) electrons. The number of carbonyl (C=O) groups is 1. The van der Waals surface area contributed by atoms with E-state index in [0.717, 1.165) is 0 Å². The van der Waals surface area contributed by atoms with Crippen LogP contribution in [-0.4, -0.2) is 23.8 Å². The summed E-state index contributed by atoms with van der Waals surface area (Å²) in [6.07, 6.45) is 0. The molecule has 0 saturated carbocycles. The van der Waals surface area contributed by atoms with E-state index >= 15 is 0 Å². The number of aliphatic imine (C=N–C) groups is 1. The first-order valence-corrected chi connectivity index (χ1v) is 4.13. The summed E-state index contributed by atoms with van der Waals surface area (Å²) in [6.45, 7) is 5.36. The van der Waals surface area contributed by atoms with Gasteiger partial charge < -0.3 is 17.2 Å². The van der Waals surface area contributed by atoms with Crippen molar-refractivity contribution in [3.05, 3.63) is 0 Å². The van der Waals surface area contributed by atoms with Crippen molar-refractivity contribution in [2.45, 2.75) is 26.3 Å². The molecule has 5 nitrogen and oxygen atoms in total. The first kappa shape index (κ1) is 11.9. The predicted octanol–water partition coefficient (Wildman–Crippen LogP) is -0.798. The maximum Gasteiger partial charge on any atom is 0.185 e. The summed E-state index contributed by atoms with van der Waals surface area (Å²) < 4.78 is 0. The molecule has 13 heavy (non-hydrogen) atoms. The molecule has 0 bridgehead atoms. The first-order valence-electron chi connectivity index (χ1n) is 4.13. The molecule has 2 atom stereocenters. The van der Waals surface area contributed by atoms with Crippen LogP contribution in [-0.2, 0) is 4.79 Å². The van der Waals surface area contributed by atoms with Gasteiger partial charge in [0.15, 0.2) is 5.96 Å². The van der Waals surface area contributed by atoms with E-state index in [0.29, 0.717) is 6.54 Å². The molecule has 0 aliphatic rings. The lowest BCUT2D eigenvalue weighted by Crippen LogP contribution is -2.50. The molecule has 0 saturated heterocycles. The van der Waals surface area contributed by atoms with Crippen LogP contribution in [0.2, 0.25) is 0 Å². The second-order valence-electron chi connectivity index (χ2n) is 3.51. The van der Waals surface area contributed by atoms with E-state index in [2.05, 4.69) is 4.99 Å². The van der Waals surface area contributed by atoms with E-state index in [9.17, 15) is 4.79 Å². The minimum Gasteiger partial charge on any atom is -0.370 e. The van der Waals surface area contributed by atoms with Gasteiger partial charge in [0.2, 0.25) is 0 Å². The third-order valence-electron chi connectivity index (χ3n) is 2.33. The lowest BCUT2D eigenvalue weighted by atomic mass is 9.85. The highest BCUT2D eigenvalue weighted by atomic mass is 16.1. The van der Waals surface area contributed by atoms with Gasteiger partial charge in [-0.15, -0.1) is 0 Å². The van der Waals surface area contributed by atoms with Gasteiger partial charge in [-0.2, -0.15) is 0 Å². The monoisotopic (exact) mass is 186 g/mol. The van der Waals surface area contributed by atoms with Gasteiger partial charge in [-0.3, -0.25) is 9.79 Å². The minimum atomic E-state index is -0.862. The van der Waals surface area contributed by atoms with Crippen molar-refractivity contribution in [1.82, 2.24) is 0 Å². The normalized spacial score (nSPS) is 17.2. The Kier molecular flexibility index (Phi) is 3.87. The average molecular weight is 186 g/mol. The fraction of sp³-hybridized carbons (Fsp3) is 0.750. The van der Waals surface area contributed by atoms with Crippen LogP contribution >= 0.6 is 0 Å². The molecular weight excluding hydrogens is 168 g/mol. The Morgan fingerprint density at radius 2 is 2.00 bits per heavy atom. The maximum atomic E-state index is 11.1. The summed E-state index contributed by atoms with van der Waals surface area (Å²) in [7, 11) is 0. The van der Waals surface area contributed by atoms with Gasteiger partial charge in [0.1, 0.15) is 5.78 Å². The van der Waals surface area contributed by atoms with Gasteiger partial charge in [-0.25, -0.2) is 0 Å². The Morgan fingerprint density at radius 3 is 2.31 bits per heavy atom. The Bertz CT molecular complexity index is 218. The molecular formula is C8H18N4O.